The molecule has 31 heavy (non-hydrogen) atoms. The number of carbonyl (C=O) groups is 1. The van der Waals surface area contributed by atoms with Gasteiger partial charge in [-0.15, -0.1) is 0 Å². The van der Waals surface area contributed by atoms with Crippen molar-refractivity contribution in [2.45, 2.75) is 18.9 Å². The Labute approximate surface area is 179 Å². The van der Waals surface area contributed by atoms with Gasteiger partial charge in [0.1, 0.15) is 17.9 Å². The van der Waals surface area contributed by atoms with Crippen molar-refractivity contribution in [2.75, 3.05) is 7.11 Å². The zero-order valence-electron chi connectivity index (χ0n) is 16.8. The summed E-state index contributed by atoms with van der Waals surface area (Å²) in [5.41, 5.74) is 3.65. The molecule has 154 valence electrons. The van der Waals surface area contributed by atoms with Crippen LogP contribution in [-0.4, -0.2) is 34.3 Å². The summed E-state index contributed by atoms with van der Waals surface area (Å²) in [6.07, 6.45) is 6.04. The number of aromatic nitrogens is 2. The molecule has 1 aromatic carbocycles. The molecule has 1 N–H and O–H groups in total. The molecule has 0 amide bonds. The molecule has 1 aliphatic carbocycles. The highest BCUT2D eigenvalue weighted by molar-refractivity contribution is 5.91. The molecule has 0 saturated carbocycles. The molecule has 0 unspecified atom stereocenters. The summed E-state index contributed by atoms with van der Waals surface area (Å²) in [5, 5.41) is 18.8. The molecule has 0 spiro atoms. The van der Waals surface area contributed by atoms with Gasteiger partial charge in [0.05, 0.1) is 24.6 Å². The van der Waals surface area contributed by atoms with Crippen LogP contribution in [0.3, 0.4) is 0 Å². The van der Waals surface area contributed by atoms with E-state index >= 15 is 0 Å². The first-order valence-corrected chi connectivity index (χ1v) is 9.66. The van der Waals surface area contributed by atoms with Crippen LogP contribution in [0.15, 0.2) is 54.9 Å². The summed E-state index contributed by atoms with van der Waals surface area (Å²) in [5.74, 6) is -0.147. The monoisotopic (exact) mass is 413 g/mol. The van der Waals surface area contributed by atoms with E-state index in [1.807, 2.05) is 12.1 Å². The Balaban J connectivity index is 1.62. The van der Waals surface area contributed by atoms with Crippen LogP contribution in [0.25, 0.3) is 11.6 Å². The van der Waals surface area contributed by atoms with Crippen LogP contribution >= 0.6 is 0 Å². The van der Waals surface area contributed by atoms with Crippen LogP contribution < -0.4 is 9.47 Å². The quantitative estimate of drug-likeness (QED) is 0.613. The van der Waals surface area contributed by atoms with Crippen molar-refractivity contribution in [3.05, 3.63) is 82.9 Å². The van der Waals surface area contributed by atoms with E-state index in [4.69, 9.17) is 14.6 Å². The Hall–Kier alpha value is -4.18. The molecule has 2 heterocycles. The van der Waals surface area contributed by atoms with Crippen molar-refractivity contribution in [1.82, 2.24) is 9.97 Å². The number of carboxylic acid groups (broad SMARTS) is 1. The molecule has 4 rings (SSSR count). The fraction of sp³-hybridized carbons (Fsp3) is 0.167. The predicted octanol–water partition coefficient (Wildman–Crippen LogP) is 3.79. The van der Waals surface area contributed by atoms with Gasteiger partial charge in [-0.05, 0) is 34.9 Å². The summed E-state index contributed by atoms with van der Waals surface area (Å²) in [6.45, 7) is 0. The second-order valence-corrected chi connectivity index (χ2v) is 7.09. The molecule has 2 aromatic heterocycles. The molecule has 7 heteroatoms. The van der Waals surface area contributed by atoms with Gasteiger partial charge in [0, 0.05) is 25.1 Å². The van der Waals surface area contributed by atoms with E-state index in [2.05, 4.69) is 28.2 Å². The van der Waals surface area contributed by atoms with E-state index in [1.54, 1.807) is 25.3 Å². The summed E-state index contributed by atoms with van der Waals surface area (Å²) < 4.78 is 11.6. The third-order valence-corrected chi connectivity index (χ3v) is 5.07. The lowest BCUT2D eigenvalue weighted by atomic mass is 10.1. The molecule has 0 radical (unpaired) electrons. The minimum Gasteiger partial charge on any atom is -0.491 e. The first kappa shape index (κ1) is 20.1. The standard InChI is InChI=1S/C24H19N3O4/c1-30-23-14-27-20(18(13-25)8-15-6-7-26-21(9-15)24(28)29)12-22(23)31-19-10-16-4-2-3-5-17(16)11-19/h2-9,12,14,19H,10-11H2,1H3,(H,28,29)/b18-8+. The summed E-state index contributed by atoms with van der Waals surface area (Å²) in [6, 6.07) is 15.1. The molecule has 0 bridgehead atoms. The van der Waals surface area contributed by atoms with Gasteiger partial charge in [-0.2, -0.15) is 5.26 Å². The Morgan fingerprint density at radius 3 is 2.52 bits per heavy atom. The first-order valence-electron chi connectivity index (χ1n) is 9.66. The fourth-order valence-electron chi connectivity index (χ4n) is 3.58. The van der Waals surface area contributed by atoms with Gasteiger partial charge >= 0.3 is 5.97 Å². The van der Waals surface area contributed by atoms with Crippen molar-refractivity contribution >= 4 is 17.6 Å². The second kappa shape index (κ2) is 8.67. The molecule has 0 fully saturated rings. The number of carboxylic acids is 1. The minimum absolute atomic E-state index is 0.0330. The van der Waals surface area contributed by atoms with Crippen molar-refractivity contribution in [3.63, 3.8) is 0 Å². The molecular formula is C24H19N3O4. The molecule has 7 nitrogen and oxygen atoms in total. The molecule has 0 atom stereocenters. The molecular weight excluding hydrogens is 394 g/mol. The van der Waals surface area contributed by atoms with E-state index in [0.29, 0.717) is 22.8 Å². The van der Waals surface area contributed by atoms with Crippen LogP contribution in [0.5, 0.6) is 11.5 Å². The highest BCUT2D eigenvalue weighted by atomic mass is 16.5. The number of fused-ring (bicyclic) bond motifs is 1. The fourth-order valence-corrected chi connectivity index (χ4v) is 3.58. The average Bonchev–Trinajstić information content (AvgIpc) is 3.20. The Kier molecular flexibility index (Phi) is 5.63. The van der Waals surface area contributed by atoms with Crippen LogP contribution in [0, 0.1) is 11.3 Å². The van der Waals surface area contributed by atoms with E-state index in [9.17, 15) is 10.1 Å². The minimum atomic E-state index is -1.13. The Morgan fingerprint density at radius 1 is 1.13 bits per heavy atom. The molecule has 3 aromatic rings. The zero-order chi connectivity index (χ0) is 21.8. The van der Waals surface area contributed by atoms with Crippen LogP contribution in [-0.2, 0) is 12.8 Å². The van der Waals surface area contributed by atoms with Gasteiger partial charge in [0.25, 0.3) is 0 Å². The number of hydrogen-bond donors (Lipinski definition) is 1. The zero-order valence-corrected chi connectivity index (χ0v) is 16.8. The van der Waals surface area contributed by atoms with Gasteiger partial charge in [-0.25, -0.2) is 9.78 Å². The van der Waals surface area contributed by atoms with Gasteiger partial charge in [-0.3, -0.25) is 4.98 Å². The summed E-state index contributed by atoms with van der Waals surface area (Å²) in [4.78, 5) is 19.3. The smallest absolute Gasteiger partial charge is 0.354 e. The number of pyridine rings is 2. The van der Waals surface area contributed by atoms with Crippen molar-refractivity contribution < 1.29 is 19.4 Å². The summed E-state index contributed by atoms with van der Waals surface area (Å²) in [7, 11) is 1.54. The van der Waals surface area contributed by atoms with E-state index in [-0.39, 0.29) is 17.4 Å². The highest BCUT2D eigenvalue weighted by Gasteiger charge is 2.24. The maximum absolute atomic E-state index is 11.1. The number of aromatic carboxylic acids is 1. The highest BCUT2D eigenvalue weighted by Crippen LogP contribution is 2.33. The van der Waals surface area contributed by atoms with Gasteiger partial charge < -0.3 is 14.6 Å². The van der Waals surface area contributed by atoms with E-state index in [1.165, 1.54) is 29.6 Å². The average molecular weight is 413 g/mol. The Morgan fingerprint density at radius 2 is 1.87 bits per heavy atom. The normalized spacial score (nSPS) is 13.4. The maximum Gasteiger partial charge on any atom is 0.354 e. The topological polar surface area (TPSA) is 105 Å². The number of nitrogens with zero attached hydrogens (tertiary/aromatic N) is 3. The number of ether oxygens (including phenoxy) is 2. The lowest BCUT2D eigenvalue weighted by Crippen LogP contribution is -2.17. The third kappa shape index (κ3) is 4.38. The number of methoxy groups -OCH3 is 1. The number of hydrogen-bond acceptors (Lipinski definition) is 6. The number of nitriles is 1. The van der Waals surface area contributed by atoms with Crippen molar-refractivity contribution in [2.24, 2.45) is 0 Å². The van der Waals surface area contributed by atoms with Crippen molar-refractivity contribution in [1.29, 1.82) is 5.26 Å². The predicted molar refractivity (Wildman–Crippen MR) is 114 cm³/mol. The third-order valence-electron chi connectivity index (χ3n) is 5.07. The second-order valence-electron chi connectivity index (χ2n) is 7.09. The van der Waals surface area contributed by atoms with Gasteiger partial charge in [0.15, 0.2) is 11.5 Å². The first-order chi connectivity index (χ1) is 15.1. The van der Waals surface area contributed by atoms with Crippen LogP contribution in [0.2, 0.25) is 0 Å². The van der Waals surface area contributed by atoms with Crippen LogP contribution in [0.4, 0.5) is 0 Å². The Bertz CT molecular complexity index is 1190. The lowest BCUT2D eigenvalue weighted by Gasteiger charge is -2.16. The lowest BCUT2D eigenvalue weighted by molar-refractivity contribution is 0.0690. The SMILES string of the molecule is COc1cnc(/C(C#N)=C/c2ccnc(C(=O)O)c2)cc1OC1Cc2ccccc2C1. The molecule has 1 aliphatic rings. The van der Waals surface area contributed by atoms with Crippen LogP contribution in [0.1, 0.15) is 32.9 Å². The van der Waals surface area contributed by atoms with Gasteiger partial charge in [0.2, 0.25) is 0 Å². The van der Waals surface area contributed by atoms with Crippen molar-refractivity contribution in [3.8, 4) is 17.6 Å². The number of rotatable bonds is 6. The molecule has 0 saturated heterocycles. The number of allylic oxidation sites excluding steroid dienone is 1. The maximum atomic E-state index is 11.1. The number of benzene rings is 1. The summed E-state index contributed by atoms with van der Waals surface area (Å²) >= 11 is 0. The van der Waals surface area contributed by atoms with Gasteiger partial charge in [-0.1, -0.05) is 24.3 Å². The van der Waals surface area contributed by atoms with E-state index in [0.717, 1.165) is 12.8 Å². The molecule has 0 aliphatic heterocycles. The largest absolute Gasteiger partial charge is 0.491 e. The van der Waals surface area contributed by atoms with E-state index < -0.39 is 5.97 Å².